The maximum atomic E-state index is 6.03. The van der Waals surface area contributed by atoms with Crippen molar-refractivity contribution in [3.63, 3.8) is 0 Å². The molecule has 5 heteroatoms. The van der Waals surface area contributed by atoms with Crippen LogP contribution in [0.5, 0.6) is 5.88 Å². The number of imidazole rings is 1. The normalized spacial score (nSPS) is 10.9. The first-order chi connectivity index (χ1) is 9.17. The molecule has 0 bridgehead atoms. The number of halogens is 1. The quantitative estimate of drug-likeness (QED) is 0.776. The Morgan fingerprint density at radius 2 is 2.00 bits per heavy atom. The summed E-state index contributed by atoms with van der Waals surface area (Å²) in [6.45, 7) is 1.97. The van der Waals surface area contributed by atoms with Gasteiger partial charge in [-0.2, -0.15) is 4.98 Å². The van der Waals surface area contributed by atoms with E-state index in [4.69, 9.17) is 16.3 Å². The van der Waals surface area contributed by atoms with Gasteiger partial charge in [0.1, 0.15) is 5.82 Å². The first kappa shape index (κ1) is 12.0. The second-order valence-electron chi connectivity index (χ2n) is 4.27. The maximum absolute atomic E-state index is 6.03. The average Bonchev–Trinajstić information content (AvgIpc) is 2.84. The van der Waals surface area contributed by atoms with Gasteiger partial charge in [0.2, 0.25) is 5.88 Å². The number of aromatic amines is 1. The van der Waals surface area contributed by atoms with Crippen molar-refractivity contribution in [3.8, 4) is 17.3 Å². The third-order valence-electron chi connectivity index (χ3n) is 2.96. The molecule has 3 rings (SSSR count). The molecular weight excluding hydrogens is 262 g/mol. The van der Waals surface area contributed by atoms with Crippen LogP contribution in [0.15, 0.2) is 30.3 Å². The number of hydrogen-bond acceptors (Lipinski definition) is 3. The Bertz CT molecular complexity index is 752. The molecule has 0 aliphatic carbocycles. The summed E-state index contributed by atoms with van der Waals surface area (Å²) in [7, 11) is 1.59. The zero-order chi connectivity index (χ0) is 13.4. The third-order valence-corrected chi connectivity index (χ3v) is 3.38. The van der Waals surface area contributed by atoms with Gasteiger partial charge in [0.15, 0.2) is 5.65 Å². The first-order valence-electron chi connectivity index (χ1n) is 5.84. The van der Waals surface area contributed by atoms with E-state index in [0.29, 0.717) is 11.5 Å². The van der Waals surface area contributed by atoms with Crippen LogP contribution in [-0.2, 0) is 0 Å². The Morgan fingerprint density at radius 3 is 2.74 bits per heavy atom. The molecule has 0 atom stereocenters. The third kappa shape index (κ3) is 2.15. The van der Waals surface area contributed by atoms with E-state index in [1.54, 1.807) is 13.2 Å². The standard InChI is InChI=1S/C14H12ClN3O/c1-8-7-9(3-4-10(8)15)13-16-11-5-6-12(19-2)17-14(11)18-13/h3-7H,1-2H3,(H,16,17,18). The minimum atomic E-state index is 0.554. The van der Waals surface area contributed by atoms with Crippen LogP contribution in [0.1, 0.15) is 5.56 Å². The number of ether oxygens (including phenoxy) is 1. The number of rotatable bonds is 2. The van der Waals surface area contributed by atoms with Crippen molar-refractivity contribution >= 4 is 22.8 Å². The van der Waals surface area contributed by atoms with Crippen LogP contribution in [0.3, 0.4) is 0 Å². The SMILES string of the molecule is COc1ccc2[nH]c(-c3ccc(Cl)c(C)c3)nc2n1. The lowest BCUT2D eigenvalue weighted by molar-refractivity contribution is 0.399. The number of pyridine rings is 1. The van der Waals surface area contributed by atoms with Crippen LogP contribution in [-0.4, -0.2) is 22.1 Å². The summed E-state index contributed by atoms with van der Waals surface area (Å²) in [5.74, 6) is 1.33. The van der Waals surface area contributed by atoms with Gasteiger partial charge >= 0.3 is 0 Å². The highest BCUT2D eigenvalue weighted by molar-refractivity contribution is 6.31. The highest BCUT2D eigenvalue weighted by Gasteiger charge is 2.08. The molecule has 0 saturated heterocycles. The van der Waals surface area contributed by atoms with E-state index in [9.17, 15) is 0 Å². The van der Waals surface area contributed by atoms with E-state index in [2.05, 4.69) is 15.0 Å². The zero-order valence-electron chi connectivity index (χ0n) is 10.6. The van der Waals surface area contributed by atoms with Gasteiger partial charge < -0.3 is 9.72 Å². The number of aryl methyl sites for hydroxylation is 1. The molecule has 0 saturated carbocycles. The summed E-state index contributed by atoms with van der Waals surface area (Å²) in [5, 5.41) is 0.750. The van der Waals surface area contributed by atoms with Crippen LogP contribution < -0.4 is 4.74 Å². The first-order valence-corrected chi connectivity index (χ1v) is 6.22. The number of methoxy groups -OCH3 is 1. The van der Waals surface area contributed by atoms with Crippen LogP contribution in [0.2, 0.25) is 5.02 Å². The van der Waals surface area contributed by atoms with Gasteiger partial charge in [0, 0.05) is 16.7 Å². The van der Waals surface area contributed by atoms with Crippen LogP contribution >= 0.6 is 11.6 Å². The molecule has 1 aromatic carbocycles. The highest BCUT2D eigenvalue weighted by atomic mass is 35.5. The molecule has 2 heterocycles. The van der Waals surface area contributed by atoms with E-state index in [-0.39, 0.29) is 0 Å². The number of nitrogens with one attached hydrogen (secondary N) is 1. The molecule has 0 fully saturated rings. The number of aromatic nitrogens is 3. The van der Waals surface area contributed by atoms with Crippen molar-refractivity contribution in [3.05, 3.63) is 40.9 Å². The fourth-order valence-electron chi connectivity index (χ4n) is 1.92. The van der Waals surface area contributed by atoms with Crippen molar-refractivity contribution < 1.29 is 4.74 Å². The molecular formula is C14H12ClN3O. The van der Waals surface area contributed by atoms with Crippen LogP contribution in [0.4, 0.5) is 0 Å². The van der Waals surface area contributed by atoms with Crippen molar-refractivity contribution in [2.45, 2.75) is 6.92 Å². The number of H-pyrrole nitrogens is 1. The second-order valence-corrected chi connectivity index (χ2v) is 4.68. The zero-order valence-corrected chi connectivity index (χ0v) is 11.3. The Kier molecular flexibility index (Phi) is 2.87. The van der Waals surface area contributed by atoms with Gasteiger partial charge in [-0.3, -0.25) is 0 Å². The Morgan fingerprint density at radius 1 is 1.16 bits per heavy atom. The number of benzene rings is 1. The van der Waals surface area contributed by atoms with Crippen molar-refractivity contribution in [1.82, 2.24) is 15.0 Å². The van der Waals surface area contributed by atoms with Gasteiger partial charge in [0.05, 0.1) is 12.6 Å². The summed E-state index contributed by atoms with van der Waals surface area (Å²) in [4.78, 5) is 12.0. The number of fused-ring (bicyclic) bond motifs is 1. The molecule has 19 heavy (non-hydrogen) atoms. The van der Waals surface area contributed by atoms with Gasteiger partial charge in [-0.25, -0.2) is 4.98 Å². The van der Waals surface area contributed by atoms with E-state index in [1.807, 2.05) is 31.2 Å². The Hall–Kier alpha value is -2.07. The van der Waals surface area contributed by atoms with Crippen molar-refractivity contribution in [2.75, 3.05) is 7.11 Å². The molecule has 4 nitrogen and oxygen atoms in total. The minimum absolute atomic E-state index is 0.554. The predicted molar refractivity (Wildman–Crippen MR) is 75.6 cm³/mol. The molecule has 0 spiro atoms. The van der Waals surface area contributed by atoms with E-state index in [1.165, 1.54) is 0 Å². The molecule has 1 N–H and O–H groups in total. The van der Waals surface area contributed by atoms with Crippen LogP contribution in [0, 0.1) is 6.92 Å². The summed E-state index contributed by atoms with van der Waals surface area (Å²) < 4.78 is 5.09. The largest absolute Gasteiger partial charge is 0.481 e. The maximum Gasteiger partial charge on any atom is 0.215 e. The topological polar surface area (TPSA) is 50.8 Å². The molecule has 0 aliphatic rings. The molecule has 0 unspecified atom stereocenters. The lowest BCUT2D eigenvalue weighted by Gasteiger charge is -2.00. The van der Waals surface area contributed by atoms with E-state index < -0.39 is 0 Å². The van der Waals surface area contributed by atoms with E-state index >= 15 is 0 Å². The molecule has 3 aromatic rings. The average molecular weight is 274 g/mol. The molecule has 0 radical (unpaired) electrons. The lowest BCUT2D eigenvalue weighted by atomic mass is 10.1. The van der Waals surface area contributed by atoms with E-state index in [0.717, 1.165) is 27.5 Å². The molecule has 0 aliphatic heterocycles. The minimum Gasteiger partial charge on any atom is -0.481 e. The molecule has 2 aromatic heterocycles. The van der Waals surface area contributed by atoms with Gasteiger partial charge in [-0.05, 0) is 36.8 Å². The number of hydrogen-bond donors (Lipinski definition) is 1. The summed E-state index contributed by atoms with van der Waals surface area (Å²) in [6, 6.07) is 9.51. The fourth-order valence-corrected chi connectivity index (χ4v) is 2.04. The molecule has 96 valence electrons. The lowest BCUT2D eigenvalue weighted by Crippen LogP contribution is -1.86. The predicted octanol–water partition coefficient (Wildman–Crippen LogP) is 3.60. The number of nitrogens with zero attached hydrogens (tertiary/aromatic N) is 2. The Labute approximate surface area is 115 Å². The van der Waals surface area contributed by atoms with Crippen molar-refractivity contribution in [2.24, 2.45) is 0 Å². The van der Waals surface area contributed by atoms with Crippen LogP contribution in [0.25, 0.3) is 22.6 Å². The highest BCUT2D eigenvalue weighted by Crippen LogP contribution is 2.25. The van der Waals surface area contributed by atoms with Gasteiger partial charge in [-0.1, -0.05) is 11.6 Å². The van der Waals surface area contributed by atoms with Crippen molar-refractivity contribution in [1.29, 1.82) is 0 Å². The fraction of sp³-hybridized carbons (Fsp3) is 0.143. The monoisotopic (exact) mass is 273 g/mol. The summed E-state index contributed by atoms with van der Waals surface area (Å²) >= 11 is 6.03. The summed E-state index contributed by atoms with van der Waals surface area (Å²) in [6.07, 6.45) is 0. The van der Waals surface area contributed by atoms with Gasteiger partial charge in [0.25, 0.3) is 0 Å². The summed E-state index contributed by atoms with van der Waals surface area (Å²) in [5.41, 5.74) is 3.52. The van der Waals surface area contributed by atoms with Gasteiger partial charge in [-0.15, -0.1) is 0 Å². The molecule has 0 amide bonds. The second kappa shape index (κ2) is 4.55. The smallest absolute Gasteiger partial charge is 0.215 e. The Balaban J connectivity index is 2.11.